The van der Waals surface area contributed by atoms with Crippen molar-refractivity contribution in [2.75, 3.05) is 25.9 Å². The van der Waals surface area contributed by atoms with Gasteiger partial charge in [-0.15, -0.1) is 0 Å². The molecule has 0 saturated carbocycles. The van der Waals surface area contributed by atoms with Gasteiger partial charge in [0.1, 0.15) is 0 Å². The van der Waals surface area contributed by atoms with E-state index in [1.54, 1.807) is 0 Å². The minimum absolute atomic E-state index is 0.269. The van der Waals surface area contributed by atoms with Crippen molar-refractivity contribution in [2.24, 2.45) is 0 Å². The summed E-state index contributed by atoms with van der Waals surface area (Å²) in [5.74, 6) is 1.42. The van der Waals surface area contributed by atoms with E-state index in [1.807, 2.05) is 23.7 Å². The van der Waals surface area contributed by atoms with Gasteiger partial charge in [0, 0.05) is 23.6 Å². The standard InChI is InChI=1S/C8H14N2OS/c1-9-3-8(11)10-4-7-2-6(10)5-12-7/h6-7,9H,2-5H2,1H3. The Morgan fingerprint density at radius 1 is 1.75 bits per heavy atom. The minimum atomic E-state index is 0.269. The third-order valence-electron chi connectivity index (χ3n) is 2.55. The predicted octanol–water partition coefficient (Wildman–Crippen LogP) is -0.0779. The minimum Gasteiger partial charge on any atom is -0.337 e. The maximum absolute atomic E-state index is 11.5. The molecule has 2 saturated heterocycles. The van der Waals surface area contributed by atoms with Gasteiger partial charge < -0.3 is 10.2 Å². The molecular formula is C8H14N2OS. The highest BCUT2D eigenvalue weighted by Crippen LogP contribution is 2.37. The van der Waals surface area contributed by atoms with Gasteiger partial charge in [-0.25, -0.2) is 0 Å². The molecule has 3 nitrogen and oxygen atoms in total. The fourth-order valence-electron chi connectivity index (χ4n) is 1.96. The molecule has 0 radical (unpaired) electrons. The van der Waals surface area contributed by atoms with Crippen LogP contribution in [-0.4, -0.2) is 48.0 Å². The summed E-state index contributed by atoms with van der Waals surface area (Å²) in [5.41, 5.74) is 0. The van der Waals surface area contributed by atoms with Crippen molar-refractivity contribution in [1.29, 1.82) is 0 Å². The SMILES string of the molecule is CNCC(=O)N1CC2CC1CS2. The molecule has 2 bridgehead atoms. The molecule has 2 heterocycles. The van der Waals surface area contributed by atoms with Crippen molar-refractivity contribution >= 4 is 17.7 Å². The first-order valence-corrected chi connectivity index (χ1v) is 5.42. The molecule has 0 aromatic heterocycles. The maximum atomic E-state index is 11.5. The largest absolute Gasteiger partial charge is 0.337 e. The molecule has 12 heavy (non-hydrogen) atoms. The van der Waals surface area contributed by atoms with Gasteiger partial charge in [-0.3, -0.25) is 4.79 Å². The monoisotopic (exact) mass is 186 g/mol. The second-order valence-corrected chi connectivity index (χ2v) is 4.75. The lowest BCUT2D eigenvalue weighted by Gasteiger charge is -2.26. The fourth-order valence-corrected chi connectivity index (χ4v) is 3.39. The van der Waals surface area contributed by atoms with Crippen LogP contribution in [0.3, 0.4) is 0 Å². The molecule has 4 heteroatoms. The fraction of sp³-hybridized carbons (Fsp3) is 0.875. The van der Waals surface area contributed by atoms with E-state index < -0.39 is 0 Å². The van der Waals surface area contributed by atoms with Crippen LogP contribution >= 0.6 is 11.8 Å². The number of thioether (sulfide) groups is 1. The number of carbonyl (C=O) groups excluding carboxylic acids is 1. The molecule has 2 unspecified atom stereocenters. The number of likely N-dealkylation sites (N-methyl/N-ethyl adjacent to an activating group) is 1. The van der Waals surface area contributed by atoms with Gasteiger partial charge in [0.25, 0.3) is 0 Å². The van der Waals surface area contributed by atoms with Crippen LogP contribution < -0.4 is 5.32 Å². The molecule has 1 amide bonds. The Hall–Kier alpha value is -0.220. The van der Waals surface area contributed by atoms with Crippen LogP contribution in [0.25, 0.3) is 0 Å². The number of carbonyl (C=O) groups is 1. The highest BCUT2D eigenvalue weighted by molar-refractivity contribution is 8.00. The van der Waals surface area contributed by atoms with E-state index in [0.717, 1.165) is 17.5 Å². The molecule has 2 atom stereocenters. The first-order chi connectivity index (χ1) is 5.81. The molecule has 2 aliphatic heterocycles. The quantitative estimate of drug-likeness (QED) is 0.655. The number of fused-ring (bicyclic) bond motifs is 2. The number of nitrogens with one attached hydrogen (secondary N) is 1. The van der Waals surface area contributed by atoms with Gasteiger partial charge >= 0.3 is 0 Å². The molecule has 0 aromatic carbocycles. The Morgan fingerprint density at radius 2 is 2.58 bits per heavy atom. The summed E-state index contributed by atoms with van der Waals surface area (Å²) in [5, 5.41) is 3.64. The van der Waals surface area contributed by atoms with E-state index >= 15 is 0 Å². The summed E-state index contributed by atoms with van der Waals surface area (Å²) in [6.45, 7) is 1.48. The molecule has 2 aliphatic rings. The third-order valence-corrected chi connectivity index (χ3v) is 3.94. The summed E-state index contributed by atoms with van der Waals surface area (Å²) in [4.78, 5) is 13.5. The second kappa shape index (κ2) is 3.26. The summed E-state index contributed by atoms with van der Waals surface area (Å²) < 4.78 is 0. The van der Waals surface area contributed by atoms with Crippen molar-refractivity contribution in [3.8, 4) is 0 Å². The van der Waals surface area contributed by atoms with E-state index in [1.165, 1.54) is 6.42 Å². The van der Waals surface area contributed by atoms with Gasteiger partial charge in [0.2, 0.25) is 5.91 Å². The predicted molar refractivity (Wildman–Crippen MR) is 50.3 cm³/mol. The first-order valence-electron chi connectivity index (χ1n) is 4.37. The zero-order valence-electron chi connectivity index (χ0n) is 7.25. The van der Waals surface area contributed by atoms with E-state index in [9.17, 15) is 4.79 Å². The normalized spacial score (nSPS) is 32.9. The summed E-state index contributed by atoms with van der Waals surface area (Å²) in [7, 11) is 1.82. The van der Waals surface area contributed by atoms with Crippen LogP contribution in [0.1, 0.15) is 6.42 Å². The van der Waals surface area contributed by atoms with Crippen LogP contribution in [0.5, 0.6) is 0 Å². The van der Waals surface area contributed by atoms with E-state index in [-0.39, 0.29) is 5.91 Å². The van der Waals surface area contributed by atoms with Crippen molar-refractivity contribution in [2.45, 2.75) is 17.7 Å². The highest BCUT2D eigenvalue weighted by Gasteiger charge is 2.40. The Bertz CT molecular complexity index is 197. The number of nitrogens with zero attached hydrogens (tertiary/aromatic N) is 1. The molecule has 1 N–H and O–H groups in total. The molecule has 0 aliphatic carbocycles. The molecule has 2 rings (SSSR count). The van der Waals surface area contributed by atoms with Gasteiger partial charge in [0.15, 0.2) is 0 Å². The van der Waals surface area contributed by atoms with Crippen molar-refractivity contribution in [3.05, 3.63) is 0 Å². The Kier molecular flexibility index (Phi) is 2.28. The Balaban J connectivity index is 1.93. The van der Waals surface area contributed by atoms with Gasteiger partial charge in [-0.1, -0.05) is 0 Å². The maximum Gasteiger partial charge on any atom is 0.236 e. The van der Waals surface area contributed by atoms with E-state index in [4.69, 9.17) is 0 Å². The van der Waals surface area contributed by atoms with Gasteiger partial charge in [0.05, 0.1) is 6.54 Å². The molecule has 0 aromatic rings. The summed E-state index contributed by atoms with van der Waals surface area (Å²) in [6.07, 6.45) is 1.22. The van der Waals surface area contributed by atoms with Crippen LogP contribution in [0, 0.1) is 0 Å². The van der Waals surface area contributed by atoms with Crippen LogP contribution in [0.15, 0.2) is 0 Å². The average Bonchev–Trinajstić information content (AvgIpc) is 2.64. The average molecular weight is 186 g/mol. The number of hydrogen-bond donors (Lipinski definition) is 1. The topological polar surface area (TPSA) is 32.3 Å². The first kappa shape index (κ1) is 8.38. The molecule has 2 fully saturated rings. The number of rotatable bonds is 2. The zero-order chi connectivity index (χ0) is 8.55. The van der Waals surface area contributed by atoms with Crippen LogP contribution in [0.2, 0.25) is 0 Å². The Morgan fingerprint density at radius 3 is 3.08 bits per heavy atom. The second-order valence-electron chi connectivity index (χ2n) is 3.42. The lowest BCUT2D eigenvalue weighted by atomic mass is 10.2. The van der Waals surface area contributed by atoms with Gasteiger partial charge in [-0.2, -0.15) is 11.8 Å². The third kappa shape index (κ3) is 1.33. The highest BCUT2D eigenvalue weighted by atomic mass is 32.2. The van der Waals surface area contributed by atoms with Gasteiger partial charge in [-0.05, 0) is 13.5 Å². The smallest absolute Gasteiger partial charge is 0.236 e. The van der Waals surface area contributed by atoms with Crippen molar-refractivity contribution < 1.29 is 4.79 Å². The lowest BCUT2D eigenvalue weighted by Crippen LogP contribution is -2.43. The number of likely N-dealkylation sites (tertiary alicyclic amines) is 1. The van der Waals surface area contributed by atoms with Crippen molar-refractivity contribution in [3.63, 3.8) is 0 Å². The zero-order valence-corrected chi connectivity index (χ0v) is 8.06. The number of hydrogen-bond acceptors (Lipinski definition) is 3. The molecule has 68 valence electrons. The molecule has 0 spiro atoms. The number of amides is 1. The van der Waals surface area contributed by atoms with E-state index in [2.05, 4.69) is 5.32 Å². The Labute approximate surface area is 76.9 Å². The molecular weight excluding hydrogens is 172 g/mol. The summed E-state index contributed by atoms with van der Waals surface area (Å²) >= 11 is 2.02. The van der Waals surface area contributed by atoms with E-state index in [0.29, 0.717) is 12.6 Å². The summed E-state index contributed by atoms with van der Waals surface area (Å²) in [6, 6.07) is 0.542. The van der Waals surface area contributed by atoms with Crippen LogP contribution in [0.4, 0.5) is 0 Å². The van der Waals surface area contributed by atoms with Crippen LogP contribution in [-0.2, 0) is 4.79 Å². The van der Waals surface area contributed by atoms with Crippen molar-refractivity contribution in [1.82, 2.24) is 10.2 Å². The lowest BCUT2D eigenvalue weighted by molar-refractivity contribution is -0.130.